The molecule has 0 amide bonds. The van der Waals surface area contributed by atoms with Gasteiger partial charge in [0, 0.05) is 12.0 Å². The number of para-hydroxylation sites is 1. The van der Waals surface area contributed by atoms with Crippen molar-refractivity contribution >= 4 is 10.0 Å². The predicted molar refractivity (Wildman–Crippen MR) is 105 cm³/mol. The van der Waals surface area contributed by atoms with Crippen LogP contribution in [0.5, 0.6) is 5.75 Å². The molecule has 0 saturated heterocycles. The summed E-state index contributed by atoms with van der Waals surface area (Å²) < 4.78 is 39.2. The number of fused-ring (bicyclic) bond motifs is 4. The van der Waals surface area contributed by atoms with E-state index in [2.05, 4.69) is 22.9 Å². The van der Waals surface area contributed by atoms with E-state index in [4.69, 9.17) is 9.47 Å². The second-order valence-corrected chi connectivity index (χ2v) is 10.3. The molecule has 1 unspecified atom stereocenters. The molecule has 2 aliphatic heterocycles. The van der Waals surface area contributed by atoms with Crippen LogP contribution in [0.4, 0.5) is 0 Å². The van der Waals surface area contributed by atoms with Crippen LogP contribution in [-0.2, 0) is 14.8 Å². The van der Waals surface area contributed by atoms with Crippen molar-refractivity contribution in [1.29, 1.82) is 0 Å². The van der Waals surface area contributed by atoms with E-state index in [0.29, 0.717) is 31.2 Å². The first-order valence-electron chi connectivity index (χ1n) is 10.3. The lowest BCUT2D eigenvalue weighted by Crippen LogP contribution is -2.48. The molecule has 2 fully saturated rings. The van der Waals surface area contributed by atoms with Crippen molar-refractivity contribution in [1.82, 2.24) is 4.72 Å². The molecule has 5 nitrogen and oxygen atoms in total. The SMILES string of the molecule is CS(=O)(=O)N[C@H]1CCCC2COc3ccccc3C3CCC(CC3)OC[C@H]21. The van der Waals surface area contributed by atoms with Crippen LogP contribution < -0.4 is 9.46 Å². The second-order valence-electron chi connectivity index (χ2n) is 8.51. The first-order chi connectivity index (χ1) is 13.0. The summed E-state index contributed by atoms with van der Waals surface area (Å²) in [5.41, 5.74) is 1.33. The van der Waals surface area contributed by atoms with Crippen molar-refractivity contribution in [3.63, 3.8) is 0 Å². The molecule has 150 valence electrons. The molecular formula is C21H31NO4S. The normalized spacial score (nSPS) is 34.5. The standard InChI is InChI=1S/C21H31NO4S/c1-27(23,24)22-20-7-4-5-16-13-26-21-8-3-2-6-18(21)15-9-11-17(12-10-15)25-14-19(16)20/h2-3,6,8,15-17,19-20,22H,4-5,7,9-14H2,1H3/t15?,16?,17?,19-,20+/m1/s1. The second kappa shape index (κ2) is 8.10. The maximum Gasteiger partial charge on any atom is 0.208 e. The molecule has 5 rings (SSSR count). The van der Waals surface area contributed by atoms with Gasteiger partial charge in [0.05, 0.1) is 25.6 Å². The van der Waals surface area contributed by atoms with Gasteiger partial charge in [0.25, 0.3) is 0 Å². The van der Waals surface area contributed by atoms with E-state index in [1.54, 1.807) is 0 Å². The highest BCUT2D eigenvalue weighted by molar-refractivity contribution is 7.88. The fourth-order valence-corrected chi connectivity index (χ4v) is 6.01. The Morgan fingerprint density at radius 1 is 1.00 bits per heavy atom. The highest BCUT2D eigenvalue weighted by Crippen LogP contribution is 2.40. The minimum absolute atomic E-state index is 0.0585. The third-order valence-corrected chi connectivity index (χ3v) is 7.32. The summed E-state index contributed by atoms with van der Waals surface area (Å²) in [5.74, 6) is 2.04. The quantitative estimate of drug-likeness (QED) is 0.836. The summed E-state index contributed by atoms with van der Waals surface area (Å²) >= 11 is 0. The van der Waals surface area contributed by atoms with E-state index >= 15 is 0 Å². The number of sulfonamides is 1. The predicted octanol–water partition coefficient (Wildman–Crippen LogP) is 3.46. The molecule has 3 atom stereocenters. The minimum atomic E-state index is -3.23. The average Bonchev–Trinajstić information content (AvgIpc) is 2.64. The Labute approximate surface area is 162 Å². The van der Waals surface area contributed by atoms with Crippen LogP contribution in [0.1, 0.15) is 56.4 Å². The third kappa shape index (κ3) is 4.66. The van der Waals surface area contributed by atoms with Gasteiger partial charge in [0.1, 0.15) is 5.75 Å². The topological polar surface area (TPSA) is 64.6 Å². The van der Waals surface area contributed by atoms with Gasteiger partial charge in [-0.05, 0) is 62.0 Å². The van der Waals surface area contributed by atoms with Crippen molar-refractivity contribution in [3.05, 3.63) is 29.8 Å². The van der Waals surface area contributed by atoms with Gasteiger partial charge in [-0.1, -0.05) is 24.6 Å². The van der Waals surface area contributed by atoms with Gasteiger partial charge in [-0.3, -0.25) is 0 Å². The molecule has 2 heterocycles. The summed E-state index contributed by atoms with van der Waals surface area (Å²) in [5, 5.41) is 0. The lowest BCUT2D eigenvalue weighted by Gasteiger charge is -2.40. The van der Waals surface area contributed by atoms with E-state index in [1.807, 2.05) is 6.07 Å². The molecule has 2 bridgehead atoms. The first-order valence-corrected chi connectivity index (χ1v) is 12.2. The van der Waals surface area contributed by atoms with E-state index in [0.717, 1.165) is 50.7 Å². The zero-order valence-corrected chi connectivity index (χ0v) is 16.9. The van der Waals surface area contributed by atoms with Crippen LogP contribution >= 0.6 is 0 Å². The van der Waals surface area contributed by atoms with Gasteiger partial charge in [-0.15, -0.1) is 0 Å². The smallest absolute Gasteiger partial charge is 0.208 e. The molecule has 6 heteroatoms. The first kappa shape index (κ1) is 19.2. The molecular weight excluding hydrogens is 362 g/mol. The number of ether oxygens (including phenoxy) is 2. The number of benzene rings is 1. The number of hydrogen-bond donors (Lipinski definition) is 1. The Bertz CT molecular complexity index is 742. The van der Waals surface area contributed by atoms with Crippen molar-refractivity contribution in [3.8, 4) is 5.75 Å². The van der Waals surface area contributed by atoms with E-state index in [1.165, 1.54) is 11.8 Å². The van der Waals surface area contributed by atoms with Crippen molar-refractivity contribution in [2.24, 2.45) is 11.8 Å². The fourth-order valence-electron chi connectivity index (χ4n) is 5.17. The molecule has 2 saturated carbocycles. The lowest BCUT2D eigenvalue weighted by molar-refractivity contribution is -0.0298. The Kier molecular flexibility index (Phi) is 5.76. The molecule has 1 aromatic rings. The Morgan fingerprint density at radius 2 is 1.78 bits per heavy atom. The van der Waals surface area contributed by atoms with Crippen molar-refractivity contribution < 1.29 is 17.9 Å². The number of nitrogens with one attached hydrogen (secondary N) is 1. The maximum atomic E-state index is 11.9. The van der Waals surface area contributed by atoms with Gasteiger partial charge in [0.15, 0.2) is 0 Å². The van der Waals surface area contributed by atoms with Gasteiger partial charge < -0.3 is 9.47 Å². The molecule has 2 aliphatic carbocycles. The van der Waals surface area contributed by atoms with Crippen LogP contribution in [0.2, 0.25) is 0 Å². The van der Waals surface area contributed by atoms with Gasteiger partial charge in [-0.2, -0.15) is 0 Å². The number of rotatable bonds is 2. The van der Waals surface area contributed by atoms with E-state index < -0.39 is 10.0 Å². The zero-order valence-electron chi connectivity index (χ0n) is 16.1. The molecule has 4 aliphatic rings. The monoisotopic (exact) mass is 393 g/mol. The summed E-state index contributed by atoms with van der Waals surface area (Å²) in [6.45, 7) is 1.25. The van der Waals surface area contributed by atoms with E-state index in [9.17, 15) is 8.42 Å². The fraction of sp³-hybridized carbons (Fsp3) is 0.714. The highest BCUT2D eigenvalue weighted by Gasteiger charge is 2.37. The molecule has 0 spiro atoms. The van der Waals surface area contributed by atoms with Gasteiger partial charge in [-0.25, -0.2) is 13.1 Å². The zero-order chi connectivity index (χ0) is 18.9. The lowest BCUT2D eigenvalue weighted by atomic mass is 9.76. The van der Waals surface area contributed by atoms with Crippen molar-refractivity contribution in [2.45, 2.75) is 63.0 Å². The Morgan fingerprint density at radius 3 is 2.56 bits per heavy atom. The van der Waals surface area contributed by atoms with Gasteiger partial charge in [0.2, 0.25) is 10.0 Å². The molecule has 27 heavy (non-hydrogen) atoms. The minimum Gasteiger partial charge on any atom is -0.493 e. The number of hydrogen-bond acceptors (Lipinski definition) is 4. The highest BCUT2D eigenvalue weighted by atomic mass is 32.2. The molecule has 0 radical (unpaired) electrons. The molecule has 1 N–H and O–H groups in total. The Balaban J connectivity index is 1.60. The Hall–Kier alpha value is -1.11. The molecule has 1 aromatic carbocycles. The van der Waals surface area contributed by atoms with E-state index in [-0.39, 0.29) is 12.0 Å². The van der Waals surface area contributed by atoms with Crippen molar-refractivity contribution in [2.75, 3.05) is 19.5 Å². The third-order valence-electron chi connectivity index (χ3n) is 6.59. The summed E-state index contributed by atoms with van der Waals surface area (Å²) in [4.78, 5) is 0. The van der Waals surface area contributed by atoms with Crippen LogP contribution in [0, 0.1) is 11.8 Å². The van der Waals surface area contributed by atoms with Crippen LogP contribution in [0.15, 0.2) is 24.3 Å². The van der Waals surface area contributed by atoms with Crippen LogP contribution in [-0.4, -0.2) is 40.0 Å². The average molecular weight is 394 g/mol. The maximum absolute atomic E-state index is 11.9. The molecule has 0 aromatic heterocycles. The largest absolute Gasteiger partial charge is 0.493 e. The summed E-state index contributed by atoms with van der Waals surface area (Å²) in [6, 6.07) is 8.39. The summed E-state index contributed by atoms with van der Waals surface area (Å²) in [7, 11) is -3.23. The van der Waals surface area contributed by atoms with Crippen LogP contribution in [0.25, 0.3) is 0 Å². The summed E-state index contributed by atoms with van der Waals surface area (Å²) in [6.07, 6.45) is 8.91. The van der Waals surface area contributed by atoms with Crippen LogP contribution in [0.3, 0.4) is 0 Å². The van der Waals surface area contributed by atoms with Gasteiger partial charge >= 0.3 is 0 Å².